The van der Waals surface area contributed by atoms with Crippen LogP contribution in [0.2, 0.25) is 0 Å². The van der Waals surface area contributed by atoms with E-state index in [1.165, 1.54) is 5.39 Å². The molecule has 0 amide bonds. The van der Waals surface area contributed by atoms with Crippen molar-refractivity contribution in [1.82, 2.24) is 24.9 Å². The summed E-state index contributed by atoms with van der Waals surface area (Å²) in [5, 5.41) is 3.38. The van der Waals surface area contributed by atoms with Crippen LogP contribution in [0.5, 0.6) is 0 Å². The summed E-state index contributed by atoms with van der Waals surface area (Å²) in [6.07, 6.45) is 1.81. The minimum atomic E-state index is 0.656. The second-order valence-corrected chi connectivity index (χ2v) is 10.6. The van der Waals surface area contributed by atoms with Crippen LogP contribution in [0.3, 0.4) is 0 Å². The third kappa shape index (κ3) is 4.76. The van der Waals surface area contributed by atoms with E-state index in [-0.39, 0.29) is 0 Å². The van der Waals surface area contributed by atoms with Crippen LogP contribution in [0.4, 0.5) is 0 Å². The Morgan fingerprint density at radius 2 is 1.00 bits per heavy atom. The summed E-state index contributed by atoms with van der Waals surface area (Å²) in [7, 11) is 0. The van der Waals surface area contributed by atoms with Crippen molar-refractivity contribution < 1.29 is 0 Å². The number of hydrogen-bond acceptors (Lipinski definition) is 5. The van der Waals surface area contributed by atoms with E-state index in [2.05, 4.69) is 54.6 Å². The van der Waals surface area contributed by atoms with Gasteiger partial charge in [-0.3, -0.25) is 4.98 Å². The van der Waals surface area contributed by atoms with Crippen molar-refractivity contribution in [3.63, 3.8) is 0 Å². The minimum absolute atomic E-state index is 0.656. The van der Waals surface area contributed by atoms with E-state index in [1.54, 1.807) is 0 Å². The van der Waals surface area contributed by atoms with Gasteiger partial charge in [0.15, 0.2) is 5.82 Å². The first-order chi connectivity index (χ1) is 21.8. The fourth-order valence-electron chi connectivity index (χ4n) is 5.61. The van der Waals surface area contributed by atoms with Crippen molar-refractivity contribution in [2.75, 3.05) is 0 Å². The van der Waals surface area contributed by atoms with Gasteiger partial charge in [0.05, 0.1) is 39.7 Å². The number of nitrogens with zero attached hydrogens (tertiary/aromatic N) is 5. The number of rotatable bonds is 5. The summed E-state index contributed by atoms with van der Waals surface area (Å²) in [5.41, 5.74) is 8.74. The monoisotopic (exact) mass is 563 g/mol. The Hall–Kier alpha value is -6.07. The van der Waals surface area contributed by atoms with Gasteiger partial charge in [-0.2, -0.15) is 0 Å². The molecule has 0 spiro atoms. The first-order valence-corrected chi connectivity index (χ1v) is 14.5. The van der Waals surface area contributed by atoms with Crippen molar-refractivity contribution in [2.45, 2.75) is 0 Å². The largest absolute Gasteiger partial charge is 0.255 e. The average Bonchev–Trinajstić information content (AvgIpc) is 3.12. The maximum Gasteiger partial charge on any atom is 0.160 e. The van der Waals surface area contributed by atoms with Crippen LogP contribution in [-0.4, -0.2) is 24.9 Å². The predicted octanol–water partition coefficient (Wildman–Crippen LogP) is 9.30. The number of para-hydroxylation sites is 1. The Morgan fingerprint density at radius 3 is 1.82 bits per heavy atom. The maximum absolute atomic E-state index is 5.11. The van der Waals surface area contributed by atoms with Crippen molar-refractivity contribution in [3.05, 3.63) is 152 Å². The van der Waals surface area contributed by atoms with Gasteiger partial charge in [0.1, 0.15) is 0 Å². The third-order valence-electron chi connectivity index (χ3n) is 7.75. The van der Waals surface area contributed by atoms with Gasteiger partial charge in [0.25, 0.3) is 0 Å². The minimum Gasteiger partial charge on any atom is -0.255 e. The van der Waals surface area contributed by atoms with E-state index in [4.69, 9.17) is 24.9 Å². The lowest BCUT2D eigenvalue weighted by Crippen LogP contribution is -1.97. The summed E-state index contributed by atoms with van der Waals surface area (Å²) in [6, 6.07) is 49.0. The van der Waals surface area contributed by atoms with E-state index >= 15 is 0 Å². The lowest BCUT2D eigenvalue weighted by atomic mass is 10.0. The van der Waals surface area contributed by atoms with Crippen LogP contribution < -0.4 is 0 Å². The molecular formula is C39H25N5. The van der Waals surface area contributed by atoms with Crippen LogP contribution in [0, 0.1) is 0 Å². The molecular weight excluding hydrogens is 538 g/mol. The summed E-state index contributed by atoms with van der Waals surface area (Å²) in [5.74, 6) is 0.656. The molecule has 0 aliphatic heterocycles. The zero-order valence-corrected chi connectivity index (χ0v) is 23.7. The highest BCUT2D eigenvalue weighted by Gasteiger charge is 2.14. The van der Waals surface area contributed by atoms with Crippen molar-refractivity contribution in [3.8, 4) is 56.7 Å². The molecule has 44 heavy (non-hydrogen) atoms. The van der Waals surface area contributed by atoms with E-state index in [0.29, 0.717) is 5.82 Å². The zero-order valence-electron chi connectivity index (χ0n) is 23.7. The Bertz CT molecular complexity index is 2220. The van der Waals surface area contributed by atoms with Gasteiger partial charge in [-0.1, -0.05) is 109 Å². The first-order valence-electron chi connectivity index (χ1n) is 14.5. The van der Waals surface area contributed by atoms with Crippen LogP contribution in [0.15, 0.2) is 152 Å². The molecule has 0 aliphatic carbocycles. The Labute approximate surface area is 254 Å². The molecule has 0 unspecified atom stereocenters. The molecule has 5 heteroatoms. The molecule has 0 bridgehead atoms. The Kier molecular flexibility index (Phi) is 6.39. The molecule has 4 aromatic heterocycles. The van der Waals surface area contributed by atoms with Crippen LogP contribution >= 0.6 is 0 Å². The van der Waals surface area contributed by atoms with E-state index < -0.39 is 0 Å². The topological polar surface area (TPSA) is 64.5 Å². The molecule has 0 aliphatic rings. The summed E-state index contributed by atoms with van der Waals surface area (Å²) >= 11 is 0. The van der Waals surface area contributed by atoms with Gasteiger partial charge in [0, 0.05) is 33.7 Å². The number of fused-ring (bicyclic) bond motifs is 3. The molecule has 0 atom stereocenters. The molecule has 8 rings (SSSR count). The predicted molar refractivity (Wildman–Crippen MR) is 178 cm³/mol. The van der Waals surface area contributed by atoms with Gasteiger partial charge in [-0.05, 0) is 41.8 Å². The fraction of sp³-hybridized carbons (Fsp3) is 0. The van der Waals surface area contributed by atoms with Gasteiger partial charge in [0.2, 0.25) is 0 Å². The summed E-state index contributed by atoms with van der Waals surface area (Å²) in [4.78, 5) is 24.8. The normalized spacial score (nSPS) is 11.2. The van der Waals surface area contributed by atoms with Gasteiger partial charge < -0.3 is 0 Å². The van der Waals surface area contributed by atoms with Gasteiger partial charge in [-0.15, -0.1) is 0 Å². The molecule has 0 N–H and O–H groups in total. The maximum atomic E-state index is 5.11. The summed E-state index contributed by atoms with van der Waals surface area (Å²) in [6.45, 7) is 0. The van der Waals surface area contributed by atoms with Gasteiger partial charge >= 0.3 is 0 Å². The average molecular weight is 564 g/mol. The summed E-state index contributed by atoms with van der Waals surface area (Å²) < 4.78 is 0. The number of hydrogen-bond donors (Lipinski definition) is 0. The van der Waals surface area contributed by atoms with E-state index in [9.17, 15) is 0 Å². The molecule has 0 saturated heterocycles. The van der Waals surface area contributed by atoms with Crippen LogP contribution in [0.1, 0.15) is 0 Å². The highest BCUT2D eigenvalue weighted by Crippen LogP contribution is 2.33. The van der Waals surface area contributed by atoms with E-state index in [1.807, 2.05) is 97.2 Å². The van der Waals surface area contributed by atoms with Crippen LogP contribution in [0.25, 0.3) is 78.4 Å². The first kappa shape index (κ1) is 25.6. The van der Waals surface area contributed by atoms with Crippen molar-refractivity contribution >= 4 is 21.7 Å². The quantitative estimate of drug-likeness (QED) is 0.195. The van der Waals surface area contributed by atoms with Crippen molar-refractivity contribution in [1.29, 1.82) is 0 Å². The van der Waals surface area contributed by atoms with Gasteiger partial charge in [-0.25, -0.2) is 19.9 Å². The Morgan fingerprint density at radius 1 is 0.341 bits per heavy atom. The standard InChI is InChI=1S/C39H25N5/c1-3-12-26(13-4-1)35-25-37(44-39(43-35)27-14-5-2-6-15-27)36-24-28(22-23-40-36)32-20-11-21-34(41-32)38-31-18-8-7-16-29(31)30-17-9-10-19-33(30)42-38/h1-25H. The molecule has 0 saturated carbocycles. The second-order valence-electron chi connectivity index (χ2n) is 10.6. The van der Waals surface area contributed by atoms with Crippen LogP contribution in [-0.2, 0) is 0 Å². The molecule has 0 radical (unpaired) electrons. The highest BCUT2D eigenvalue weighted by atomic mass is 14.9. The smallest absolute Gasteiger partial charge is 0.160 e. The molecule has 5 nitrogen and oxygen atoms in total. The molecule has 8 aromatic rings. The lowest BCUT2D eigenvalue weighted by Gasteiger charge is -2.11. The molecule has 4 aromatic carbocycles. The molecule has 0 fully saturated rings. The van der Waals surface area contributed by atoms with Crippen molar-refractivity contribution in [2.24, 2.45) is 0 Å². The molecule has 4 heterocycles. The zero-order chi connectivity index (χ0) is 29.3. The SMILES string of the molecule is c1ccc(-c2cc(-c3cc(-c4cccc(-c5nc6ccccc6c6ccccc56)n4)ccn3)nc(-c3ccccc3)n2)cc1. The fourth-order valence-corrected chi connectivity index (χ4v) is 5.61. The van der Waals surface area contributed by atoms with E-state index in [0.717, 1.165) is 67.1 Å². The third-order valence-corrected chi connectivity index (χ3v) is 7.75. The second kappa shape index (κ2) is 11.0. The Balaban J connectivity index is 1.24. The number of pyridine rings is 3. The lowest BCUT2D eigenvalue weighted by molar-refractivity contribution is 1.16. The number of aromatic nitrogens is 5. The number of benzene rings is 4. The highest BCUT2D eigenvalue weighted by molar-refractivity contribution is 6.10. The molecule has 206 valence electrons.